The molecule has 0 fully saturated rings. The van der Waals surface area contributed by atoms with Gasteiger partial charge in [0.1, 0.15) is 5.75 Å². The molecule has 4 nitrogen and oxygen atoms in total. The smallest absolute Gasteiger partial charge is 0.186 e. The summed E-state index contributed by atoms with van der Waals surface area (Å²) in [5, 5.41) is 8.01. The molecule has 0 amide bonds. The van der Waals surface area contributed by atoms with Gasteiger partial charge in [0.05, 0.1) is 18.9 Å². The van der Waals surface area contributed by atoms with Crippen LogP contribution in [0.15, 0.2) is 24.4 Å². The van der Waals surface area contributed by atoms with Crippen LogP contribution in [0.2, 0.25) is 5.15 Å². The topological polar surface area (TPSA) is 47.9 Å². The second kappa shape index (κ2) is 4.45. The Hall–Kier alpha value is -1.68. The molecule has 0 saturated carbocycles. The average Bonchev–Trinajstić information content (AvgIpc) is 2.29. The van der Waals surface area contributed by atoms with Gasteiger partial charge in [-0.15, -0.1) is 5.10 Å². The molecule has 0 aliphatic heterocycles. The summed E-state index contributed by atoms with van der Waals surface area (Å²) >= 11 is 5.78. The standard InChI is InChI=1S/C11H10ClN3O/c1-7-3-4-9(16-2)8(5-7)11-14-10(12)6-13-15-11/h3-6H,1-2H3. The van der Waals surface area contributed by atoms with Crippen molar-refractivity contribution in [2.75, 3.05) is 7.11 Å². The Bertz CT molecular complexity index is 516. The van der Waals surface area contributed by atoms with Gasteiger partial charge in [-0.2, -0.15) is 5.10 Å². The van der Waals surface area contributed by atoms with Crippen LogP contribution in [0.4, 0.5) is 0 Å². The maximum atomic E-state index is 5.78. The Labute approximate surface area is 98.3 Å². The van der Waals surface area contributed by atoms with Gasteiger partial charge >= 0.3 is 0 Å². The minimum Gasteiger partial charge on any atom is -0.496 e. The summed E-state index contributed by atoms with van der Waals surface area (Å²) < 4.78 is 5.24. The first kappa shape index (κ1) is 10.8. The Morgan fingerprint density at radius 2 is 2.12 bits per heavy atom. The molecule has 1 aromatic carbocycles. The molecule has 0 bridgehead atoms. The number of hydrogen-bond acceptors (Lipinski definition) is 4. The van der Waals surface area contributed by atoms with E-state index in [1.165, 1.54) is 6.20 Å². The van der Waals surface area contributed by atoms with Crippen LogP contribution in [0.25, 0.3) is 11.4 Å². The lowest BCUT2D eigenvalue weighted by Gasteiger charge is -2.07. The van der Waals surface area contributed by atoms with Crippen molar-refractivity contribution in [3.63, 3.8) is 0 Å². The number of benzene rings is 1. The zero-order valence-electron chi connectivity index (χ0n) is 8.94. The van der Waals surface area contributed by atoms with Crippen LogP contribution < -0.4 is 4.74 Å². The highest BCUT2D eigenvalue weighted by Crippen LogP contribution is 2.28. The van der Waals surface area contributed by atoms with Gasteiger partial charge in [-0.05, 0) is 19.1 Å². The Morgan fingerprint density at radius 1 is 1.31 bits per heavy atom. The molecule has 0 saturated heterocycles. The van der Waals surface area contributed by atoms with E-state index in [0.717, 1.165) is 11.1 Å². The first-order valence-electron chi connectivity index (χ1n) is 4.71. The minimum atomic E-state index is 0.313. The van der Waals surface area contributed by atoms with Crippen molar-refractivity contribution in [1.29, 1.82) is 0 Å². The molecule has 0 aliphatic carbocycles. The highest BCUT2D eigenvalue weighted by molar-refractivity contribution is 6.29. The van der Waals surface area contributed by atoms with Crippen molar-refractivity contribution in [3.8, 4) is 17.1 Å². The summed E-state index contributed by atoms with van der Waals surface area (Å²) in [7, 11) is 1.60. The average molecular weight is 236 g/mol. The quantitative estimate of drug-likeness (QED) is 0.803. The van der Waals surface area contributed by atoms with Crippen LogP contribution in [0.3, 0.4) is 0 Å². The minimum absolute atomic E-state index is 0.313. The van der Waals surface area contributed by atoms with Gasteiger partial charge in [0.15, 0.2) is 11.0 Å². The molecule has 2 aromatic rings. The van der Waals surface area contributed by atoms with Crippen molar-refractivity contribution >= 4 is 11.6 Å². The zero-order valence-corrected chi connectivity index (χ0v) is 9.69. The number of nitrogens with zero attached hydrogens (tertiary/aromatic N) is 3. The van der Waals surface area contributed by atoms with Gasteiger partial charge in [-0.3, -0.25) is 0 Å². The number of methoxy groups -OCH3 is 1. The molecule has 1 aromatic heterocycles. The van der Waals surface area contributed by atoms with Crippen LogP contribution in [-0.4, -0.2) is 22.3 Å². The Kier molecular flexibility index (Phi) is 3.01. The van der Waals surface area contributed by atoms with E-state index in [1.54, 1.807) is 7.11 Å². The predicted octanol–water partition coefficient (Wildman–Crippen LogP) is 2.51. The molecule has 16 heavy (non-hydrogen) atoms. The second-order valence-electron chi connectivity index (χ2n) is 3.31. The number of rotatable bonds is 2. The third-order valence-electron chi connectivity index (χ3n) is 2.13. The van der Waals surface area contributed by atoms with Crippen LogP contribution in [0.1, 0.15) is 5.56 Å². The molecule has 2 rings (SSSR count). The summed E-state index contributed by atoms with van der Waals surface area (Å²) in [6.07, 6.45) is 1.40. The lowest BCUT2D eigenvalue weighted by Crippen LogP contribution is -1.95. The van der Waals surface area contributed by atoms with Crippen molar-refractivity contribution < 1.29 is 4.74 Å². The van der Waals surface area contributed by atoms with Crippen LogP contribution in [0.5, 0.6) is 5.75 Å². The number of halogens is 1. The summed E-state index contributed by atoms with van der Waals surface area (Å²) in [6, 6.07) is 5.77. The van der Waals surface area contributed by atoms with Gasteiger partial charge in [-0.25, -0.2) is 4.98 Å². The summed E-state index contributed by atoms with van der Waals surface area (Å²) in [4.78, 5) is 4.10. The fourth-order valence-electron chi connectivity index (χ4n) is 1.39. The molecule has 0 N–H and O–H groups in total. The van der Waals surface area contributed by atoms with Gasteiger partial charge in [0.2, 0.25) is 0 Å². The van der Waals surface area contributed by atoms with Crippen molar-refractivity contribution in [2.24, 2.45) is 0 Å². The largest absolute Gasteiger partial charge is 0.496 e. The third-order valence-corrected chi connectivity index (χ3v) is 2.31. The SMILES string of the molecule is COc1ccc(C)cc1-c1nncc(Cl)n1. The maximum absolute atomic E-state index is 5.78. The van der Waals surface area contributed by atoms with Gasteiger partial charge in [0, 0.05) is 0 Å². The van der Waals surface area contributed by atoms with Gasteiger partial charge in [0.25, 0.3) is 0 Å². The van der Waals surface area contributed by atoms with Crippen molar-refractivity contribution in [3.05, 3.63) is 35.1 Å². The molecule has 5 heteroatoms. The molecular weight excluding hydrogens is 226 g/mol. The fourth-order valence-corrected chi connectivity index (χ4v) is 1.52. The first-order valence-corrected chi connectivity index (χ1v) is 5.09. The molecule has 1 heterocycles. The highest BCUT2D eigenvalue weighted by Gasteiger charge is 2.09. The normalized spacial score (nSPS) is 10.2. The van der Waals surface area contributed by atoms with Gasteiger partial charge in [-0.1, -0.05) is 23.2 Å². The van der Waals surface area contributed by atoms with E-state index in [0.29, 0.717) is 16.7 Å². The molecule has 0 radical (unpaired) electrons. The predicted molar refractivity (Wildman–Crippen MR) is 61.6 cm³/mol. The van der Waals surface area contributed by atoms with E-state index in [2.05, 4.69) is 15.2 Å². The summed E-state index contributed by atoms with van der Waals surface area (Å²) in [6.45, 7) is 1.99. The van der Waals surface area contributed by atoms with Crippen LogP contribution in [0, 0.1) is 6.92 Å². The van der Waals surface area contributed by atoms with E-state index < -0.39 is 0 Å². The summed E-state index contributed by atoms with van der Waals surface area (Å²) in [5.41, 5.74) is 1.89. The van der Waals surface area contributed by atoms with Gasteiger partial charge < -0.3 is 4.74 Å². The molecule has 0 unspecified atom stereocenters. The van der Waals surface area contributed by atoms with E-state index in [9.17, 15) is 0 Å². The van der Waals surface area contributed by atoms with E-state index in [-0.39, 0.29) is 0 Å². The number of ether oxygens (including phenoxy) is 1. The number of aromatic nitrogens is 3. The number of aryl methyl sites for hydroxylation is 1. The molecule has 82 valence electrons. The zero-order chi connectivity index (χ0) is 11.5. The first-order chi connectivity index (χ1) is 7.70. The molecule has 0 atom stereocenters. The van der Waals surface area contributed by atoms with Crippen molar-refractivity contribution in [2.45, 2.75) is 6.92 Å². The Morgan fingerprint density at radius 3 is 2.81 bits per heavy atom. The molecular formula is C11H10ClN3O. The molecule has 0 aliphatic rings. The molecule has 0 spiro atoms. The van der Waals surface area contributed by atoms with Crippen LogP contribution in [-0.2, 0) is 0 Å². The lowest BCUT2D eigenvalue weighted by atomic mass is 10.1. The number of hydrogen-bond donors (Lipinski definition) is 0. The fraction of sp³-hybridized carbons (Fsp3) is 0.182. The second-order valence-corrected chi connectivity index (χ2v) is 3.69. The van der Waals surface area contributed by atoms with E-state index in [1.807, 2.05) is 25.1 Å². The van der Waals surface area contributed by atoms with Crippen molar-refractivity contribution in [1.82, 2.24) is 15.2 Å². The Balaban J connectivity index is 2.58. The third kappa shape index (κ3) is 2.12. The van der Waals surface area contributed by atoms with E-state index >= 15 is 0 Å². The maximum Gasteiger partial charge on any atom is 0.186 e. The lowest BCUT2D eigenvalue weighted by molar-refractivity contribution is 0.416. The summed E-state index contributed by atoms with van der Waals surface area (Å²) in [5.74, 6) is 1.17. The van der Waals surface area contributed by atoms with E-state index in [4.69, 9.17) is 16.3 Å². The monoisotopic (exact) mass is 235 g/mol. The van der Waals surface area contributed by atoms with Crippen LogP contribution >= 0.6 is 11.6 Å². The highest BCUT2D eigenvalue weighted by atomic mass is 35.5.